The number of carbonyl (C=O) groups excluding carboxylic acids is 2. The van der Waals surface area contributed by atoms with Gasteiger partial charge in [0, 0.05) is 12.7 Å². The van der Waals surface area contributed by atoms with E-state index in [1.54, 1.807) is 31.9 Å². The van der Waals surface area contributed by atoms with Gasteiger partial charge in [-0.1, -0.05) is 12.1 Å². The second-order valence-corrected chi connectivity index (χ2v) is 4.44. The molecular formula is C17H23NO5. The van der Waals surface area contributed by atoms with Crippen LogP contribution >= 0.6 is 0 Å². The van der Waals surface area contributed by atoms with Crippen LogP contribution in [0.3, 0.4) is 0 Å². The molecule has 126 valence electrons. The first-order valence-corrected chi connectivity index (χ1v) is 7.54. The Morgan fingerprint density at radius 2 is 1.61 bits per heavy atom. The number of methoxy groups -OCH3 is 1. The molecule has 0 bridgehead atoms. The van der Waals surface area contributed by atoms with Crippen molar-refractivity contribution in [2.75, 3.05) is 31.8 Å². The molecule has 0 fully saturated rings. The molecule has 6 nitrogen and oxygen atoms in total. The molecular weight excluding hydrogens is 298 g/mol. The normalized spacial score (nSPS) is 9.74. The highest BCUT2D eigenvalue weighted by Gasteiger charge is 2.23. The summed E-state index contributed by atoms with van der Waals surface area (Å²) in [6, 6.07) is 7.34. The van der Waals surface area contributed by atoms with Gasteiger partial charge in [0.1, 0.15) is 5.75 Å². The number of carbonyl (C=O) groups is 2. The number of benzene rings is 1. The number of esters is 2. The molecule has 1 aromatic carbocycles. The van der Waals surface area contributed by atoms with E-state index in [0.29, 0.717) is 12.3 Å². The van der Waals surface area contributed by atoms with Crippen molar-refractivity contribution in [2.24, 2.45) is 0 Å². The molecule has 1 aromatic rings. The Morgan fingerprint density at radius 1 is 1.04 bits per heavy atom. The summed E-state index contributed by atoms with van der Waals surface area (Å²) in [5, 5.41) is 0. The molecule has 0 atom stereocenters. The zero-order valence-corrected chi connectivity index (χ0v) is 14.0. The van der Waals surface area contributed by atoms with Crippen LogP contribution in [0.4, 0.5) is 5.69 Å². The third kappa shape index (κ3) is 5.02. The maximum Gasteiger partial charge on any atom is 0.347 e. The summed E-state index contributed by atoms with van der Waals surface area (Å²) in [5.41, 5.74) is 0.588. The maximum atomic E-state index is 12.0. The van der Waals surface area contributed by atoms with E-state index in [1.807, 2.05) is 25.1 Å². The number of hydrogen-bond donors (Lipinski definition) is 0. The Morgan fingerprint density at radius 3 is 2.09 bits per heavy atom. The first-order valence-electron chi connectivity index (χ1n) is 7.54. The van der Waals surface area contributed by atoms with E-state index < -0.39 is 11.9 Å². The largest absolute Gasteiger partial charge is 0.495 e. The number of hydrogen-bond acceptors (Lipinski definition) is 6. The highest BCUT2D eigenvalue weighted by molar-refractivity contribution is 6.14. The lowest BCUT2D eigenvalue weighted by Crippen LogP contribution is -2.24. The van der Waals surface area contributed by atoms with E-state index in [9.17, 15) is 9.59 Å². The molecule has 6 heteroatoms. The smallest absolute Gasteiger partial charge is 0.347 e. The van der Waals surface area contributed by atoms with Crippen molar-refractivity contribution in [1.29, 1.82) is 0 Å². The van der Waals surface area contributed by atoms with Gasteiger partial charge in [0.05, 0.1) is 26.0 Å². The molecule has 0 aliphatic carbocycles. The molecule has 0 saturated carbocycles. The van der Waals surface area contributed by atoms with Crippen LogP contribution in [0.5, 0.6) is 5.75 Å². The van der Waals surface area contributed by atoms with Gasteiger partial charge < -0.3 is 19.1 Å². The van der Waals surface area contributed by atoms with Gasteiger partial charge in [-0.15, -0.1) is 0 Å². The average molecular weight is 321 g/mol. The zero-order valence-electron chi connectivity index (χ0n) is 14.0. The number of ether oxygens (including phenoxy) is 3. The fourth-order valence-electron chi connectivity index (χ4n) is 1.96. The monoisotopic (exact) mass is 321 g/mol. The van der Waals surface area contributed by atoms with Crippen LogP contribution in [0.15, 0.2) is 36.0 Å². The van der Waals surface area contributed by atoms with Crippen LogP contribution in [-0.2, 0) is 19.1 Å². The van der Waals surface area contributed by atoms with Crippen LogP contribution in [0.2, 0.25) is 0 Å². The first-order chi connectivity index (χ1) is 11.1. The predicted octanol–water partition coefficient (Wildman–Crippen LogP) is 2.53. The lowest BCUT2D eigenvalue weighted by atomic mass is 10.2. The van der Waals surface area contributed by atoms with E-state index in [1.165, 1.54) is 6.20 Å². The Balaban J connectivity index is 3.24. The summed E-state index contributed by atoms with van der Waals surface area (Å²) >= 11 is 0. The molecule has 0 spiro atoms. The first kappa shape index (κ1) is 18.5. The summed E-state index contributed by atoms with van der Waals surface area (Å²) in [6.45, 7) is 6.14. The molecule has 0 radical (unpaired) electrons. The summed E-state index contributed by atoms with van der Waals surface area (Å²) in [6.07, 6.45) is 1.44. The molecule has 1 rings (SSSR count). The number of rotatable bonds is 8. The minimum atomic E-state index is -0.709. The van der Waals surface area contributed by atoms with Crippen LogP contribution in [0.1, 0.15) is 20.8 Å². The van der Waals surface area contributed by atoms with Crippen molar-refractivity contribution in [1.82, 2.24) is 0 Å². The van der Waals surface area contributed by atoms with E-state index >= 15 is 0 Å². The van der Waals surface area contributed by atoms with E-state index in [0.717, 1.165) is 5.69 Å². The highest BCUT2D eigenvalue weighted by atomic mass is 16.6. The average Bonchev–Trinajstić information content (AvgIpc) is 2.56. The van der Waals surface area contributed by atoms with E-state index in [2.05, 4.69) is 0 Å². The minimum absolute atomic E-state index is 0.151. The molecule has 0 saturated heterocycles. The van der Waals surface area contributed by atoms with Gasteiger partial charge in [-0.25, -0.2) is 9.59 Å². The van der Waals surface area contributed by atoms with Crippen LogP contribution < -0.4 is 9.64 Å². The predicted molar refractivity (Wildman–Crippen MR) is 87.4 cm³/mol. The molecule has 0 amide bonds. The molecule has 0 N–H and O–H groups in total. The second kappa shape index (κ2) is 9.50. The van der Waals surface area contributed by atoms with Crippen molar-refractivity contribution in [3.63, 3.8) is 0 Å². The van der Waals surface area contributed by atoms with Crippen molar-refractivity contribution in [3.8, 4) is 5.75 Å². The van der Waals surface area contributed by atoms with Gasteiger partial charge in [-0.05, 0) is 32.9 Å². The number of para-hydroxylation sites is 2. The molecule has 0 aromatic heterocycles. The van der Waals surface area contributed by atoms with E-state index in [4.69, 9.17) is 14.2 Å². The topological polar surface area (TPSA) is 65.1 Å². The summed E-state index contributed by atoms with van der Waals surface area (Å²) < 4.78 is 15.2. The summed E-state index contributed by atoms with van der Waals surface area (Å²) in [7, 11) is 1.56. The number of anilines is 1. The van der Waals surface area contributed by atoms with Crippen LogP contribution in [0.25, 0.3) is 0 Å². The Kier molecular flexibility index (Phi) is 7.66. The van der Waals surface area contributed by atoms with Crippen molar-refractivity contribution in [3.05, 3.63) is 36.0 Å². The second-order valence-electron chi connectivity index (χ2n) is 4.44. The van der Waals surface area contributed by atoms with Gasteiger partial charge in [0.2, 0.25) is 0 Å². The lowest BCUT2D eigenvalue weighted by molar-refractivity contribution is -0.146. The molecule has 0 aliphatic heterocycles. The fourth-order valence-corrected chi connectivity index (χ4v) is 1.96. The molecule has 23 heavy (non-hydrogen) atoms. The van der Waals surface area contributed by atoms with Crippen molar-refractivity contribution >= 4 is 17.6 Å². The highest BCUT2D eigenvalue weighted by Crippen LogP contribution is 2.28. The van der Waals surface area contributed by atoms with Gasteiger partial charge in [-0.2, -0.15) is 0 Å². The maximum absolute atomic E-state index is 12.0. The zero-order chi connectivity index (χ0) is 17.2. The standard InChI is InChI=1S/C17H23NO5/c1-5-18(14-10-8-9-11-15(14)21-4)12-13(16(19)22-6-2)17(20)23-7-3/h8-12H,5-7H2,1-4H3. The van der Waals surface area contributed by atoms with Gasteiger partial charge in [-0.3, -0.25) is 0 Å². The van der Waals surface area contributed by atoms with Crippen LogP contribution in [-0.4, -0.2) is 38.8 Å². The fraction of sp³-hybridized carbons (Fsp3) is 0.412. The third-order valence-corrected chi connectivity index (χ3v) is 3.01. The minimum Gasteiger partial charge on any atom is -0.495 e. The molecule has 0 unspecified atom stereocenters. The SMILES string of the molecule is CCOC(=O)C(=CN(CC)c1ccccc1OC)C(=O)OCC. The molecule has 0 heterocycles. The summed E-state index contributed by atoms with van der Waals surface area (Å²) in [4.78, 5) is 25.8. The van der Waals surface area contributed by atoms with Gasteiger partial charge in [0.15, 0.2) is 5.57 Å². The lowest BCUT2D eigenvalue weighted by Gasteiger charge is -2.22. The Bertz CT molecular complexity index is 548. The van der Waals surface area contributed by atoms with Crippen molar-refractivity contribution in [2.45, 2.75) is 20.8 Å². The van der Waals surface area contributed by atoms with Crippen LogP contribution in [0, 0.1) is 0 Å². The number of nitrogens with zero attached hydrogens (tertiary/aromatic N) is 1. The third-order valence-electron chi connectivity index (χ3n) is 3.01. The Hall–Kier alpha value is -2.50. The van der Waals surface area contributed by atoms with Gasteiger partial charge >= 0.3 is 11.9 Å². The quantitative estimate of drug-likeness (QED) is 0.317. The van der Waals surface area contributed by atoms with E-state index in [-0.39, 0.29) is 18.8 Å². The summed E-state index contributed by atoms with van der Waals surface area (Å²) in [5.74, 6) is -0.781. The Labute approximate surface area is 136 Å². The van der Waals surface area contributed by atoms with Gasteiger partial charge in [0.25, 0.3) is 0 Å². The molecule has 0 aliphatic rings. The van der Waals surface area contributed by atoms with Crippen molar-refractivity contribution < 1.29 is 23.8 Å².